The van der Waals surface area contributed by atoms with E-state index in [-0.39, 0.29) is 24.6 Å². The number of aromatic hydroxyl groups is 1. The van der Waals surface area contributed by atoms with Crippen molar-refractivity contribution in [3.63, 3.8) is 0 Å². The molecule has 2 atom stereocenters. The Morgan fingerprint density at radius 2 is 2.23 bits per heavy atom. The van der Waals surface area contributed by atoms with Gasteiger partial charge in [0.15, 0.2) is 5.75 Å². The molecule has 3 N–H and O–H groups in total. The lowest BCUT2D eigenvalue weighted by atomic mass is 9.99. The minimum atomic E-state index is -2.33. The van der Waals surface area contributed by atoms with E-state index < -0.39 is 40.1 Å². The quantitative estimate of drug-likeness (QED) is 0.472. The van der Waals surface area contributed by atoms with Crippen molar-refractivity contribution >= 4 is 24.1 Å². The van der Waals surface area contributed by atoms with E-state index in [1.54, 1.807) is 6.07 Å². The molecular weight excluding hydrogens is 321 g/mol. The third-order valence-electron chi connectivity index (χ3n) is 2.63. The Kier molecular flexibility index (Phi) is 7.21. The van der Waals surface area contributed by atoms with E-state index in [2.05, 4.69) is 4.74 Å². The van der Waals surface area contributed by atoms with Crippen molar-refractivity contribution in [3.8, 4) is 11.8 Å². The Labute approximate surface area is 130 Å². The fraction of sp³-hybridized carbons (Fsp3) is 0.333. The smallest absolute Gasteiger partial charge is 0.342 e. The zero-order valence-electron chi connectivity index (χ0n) is 11.4. The van der Waals surface area contributed by atoms with Crippen molar-refractivity contribution in [2.75, 3.05) is 6.61 Å². The molecule has 0 bridgehead atoms. The van der Waals surface area contributed by atoms with Crippen LogP contribution in [-0.2, 0) is 9.53 Å². The van der Waals surface area contributed by atoms with Crippen molar-refractivity contribution in [1.82, 2.24) is 0 Å². The van der Waals surface area contributed by atoms with Crippen molar-refractivity contribution in [1.29, 1.82) is 5.26 Å². The zero-order valence-corrected chi connectivity index (χ0v) is 12.2. The first-order valence-corrected chi connectivity index (χ1v) is 5.81. The summed E-state index contributed by atoms with van der Waals surface area (Å²) in [5, 5.41) is 29.3. The van der Waals surface area contributed by atoms with Gasteiger partial charge in [-0.2, -0.15) is 5.26 Å². The number of esters is 1. The minimum absolute atomic E-state index is 0. The number of ether oxygens (including phenoxy) is 1. The summed E-state index contributed by atoms with van der Waals surface area (Å²) in [5.41, 5.74) is 4.09. The molecule has 0 aliphatic heterocycles. The molecule has 1 aromatic rings. The van der Waals surface area contributed by atoms with Crippen LogP contribution in [0.1, 0.15) is 24.1 Å². The molecule has 0 radical (unpaired) electrons. The maximum atomic E-state index is 13.8. The zero-order chi connectivity index (χ0) is 16.2. The second-order valence-electron chi connectivity index (χ2n) is 3.98. The topological polar surface area (TPSA) is 139 Å². The molecule has 0 heterocycles. The molecule has 1 unspecified atom stereocenters. The summed E-state index contributed by atoms with van der Waals surface area (Å²) in [6, 6.07) is 1.74. The summed E-state index contributed by atoms with van der Waals surface area (Å²) in [4.78, 5) is 21.1. The first kappa shape index (κ1) is 19.6. The van der Waals surface area contributed by atoms with Gasteiger partial charge < -0.3 is 15.6 Å². The molecule has 0 aliphatic rings. The average Bonchev–Trinajstić information content (AvgIpc) is 2.45. The Morgan fingerprint density at radius 3 is 2.68 bits per heavy atom. The molecule has 22 heavy (non-hydrogen) atoms. The van der Waals surface area contributed by atoms with Crippen molar-refractivity contribution in [2.24, 2.45) is 5.73 Å². The first-order chi connectivity index (χ1) is 9.83. The number of phenolic OH excluding ortho intramolecular Hbond substituents is 1. The number of nitro benzene ring substituents is 1. The van der Waals surface area contributed by atoms with Crippen molar-refractivity contribution in [3.05, 3.63) is 33.4 Å². The molecule has 0 saturated carbocycles. The number of phenols is 1. The number of benzene rings is 1. The lowest BCUT2D eigenvalue weighted by Crippen LogP contribution is -2.31. The first-order valence-electron chi connectivity index (χ1n) is 5.81. The molecule has 0 spiro atoms. The highest BCUT2D eigenvalue weighted by Gasteiger charge is 2.32. The van der Waals surface area contributed by atoms with Gasteiger partial charge in [0.2, 0.25) is 6.17 Å². The predicted molar refractivity (Wildman–Crippen MR) is 75.2 cm³/mol. The fourth-order valence-corrected chi connectivity index (χ4v) is 1.63. The van der Waals surface area contributed by atoms with Gasteiger partial charge in [-0.05, 0) is 13.0 Å². The second-order valence-corrected chi connectivity index (χ2v) is 3.98. The number of nitrogens with zero attached hydrogens (tertiary/aromatic N) is 2. The van der Waals surface area contributed by atoms with Gasteiger partial charge in [-0.15, -0.1) is 12.4 Å². The molecule has 0 aliphatic carbocycles. The van der Waals surface area contributed by atoms with Gasteiger partial charge in [0.25, 0.3) is 0 Å². The number of alkyl halides is 1. The third kappa shape index (κ3) is 4.03. The Morgan fingerprint density at radius 1 is 1.64 bits per heavy atom. The summed E-state index contributed by atoms with van der Waals surface area (Å²) >= 11 is 0. The summed E-state index contributed by atoms with van der Waals surface area (Å²) in [6.45, 7) is 1.39. The van der Waals surface area contributed by atoms with Gasteiger partial charge in [0.05, 0.1) is 29.2 Å². The SMILES string of the molecule is CCOC(=O)C(F)[C@@H](N)c1cc(C#N)cc([N+](=O)[O-])c1O.Cl. The van der Waals surface area contributed by atoms with E-state index in [0.29, 0.717) is 0 Å². The normalized spacial score (nSPS) is 12.5. The number of carbonyl (C=O) groups excluding carboxylic acids is 1. The number of rotatable bonds is 5. The summed E-state index contributed by atoms with van der Waals surface area (Å²) in [6.07, 6.45) is -2.33. The number of halogens is 2. The Bertz CT molecular complexity index is 620. The maximum absolute atomic E-state index is 13.8. The Hall–Kier alpha value is -2.44. The molecule has 120 valence electrons. The van der Waals surface area contributed by atoms with Gasteiger partial charge in [-0.3, -0.25) is 10.1 Å². The van der Waals surface area contributed by atoms with Crippen LogP contribution in [0.15, 0.2) is 12.1 Å². The Balaban J connectivity index is 0.00000441. The van der Waals surface area contributed by atoms with Gasteiger partial charge in [-0.25, -0.2) is 9.18 Å². The summed E-state index contributed by atoms with van der Waals surface area (Å²) in [7, 11) is 0. The minimum Gasteiger partial charge on any atom is -0.502 e. The molecule has 8 nitrogen and oxygen atoms in total. The van der Waals surface area contributed by atoms with Gasteiger partial charge >= 0.3 is 11.7 Å². The maximum Gasteiger partial charge on any atom is 0.342 e. The summed E-state index contributed by atoms with van der Waals surface area (Å²) < 4.78 is 18.3. The molecule has 0 saturated heterocycles. The fourth-order valence-electron chi connectivity index (χ4n) is 1.63. The number of nitriles is 1. The van der Waals surface area contributed by atoms with Crippen LogP contribution in [-0.4, -0.2) is 28.8 Å². The van der Waals surface area contributed by atoms with Crippen LogP contribution in [0.25, 0.3) is 0 Å². The van der Waals surface area contributed by atoms with E-state index in [4.69, 9.17) is 11.0 Å². The van der Waals surface area contributed by atoms with E-state index in [1.165, 1.54) is 6.92 Å². The average molecular weight is 334 g/mol. The highest BCUT2D eigenvalue weighted by atomic mass is 35.5. The molecule has 0 fully saturated rings. The number of hydrogen-bond donors (Lipinski definition) is 2. The van der Waals surface area contributed by atoms with Crippen LogP contribution in [0, 0.1) is 21.4 Å². The van der Waals surface area contributed by atoms with Crippen LogP contribution >= 0.6 is 12.4 Å². The molecule has 10 heteroatoms. The van der Waals surface area contributed by atoms with Crippen molar-refractivity contribution < 1.29 is 24.0 Å². The highest BCUT2D eigenvalue weighted by molar-refractivity contribution is 5.85. The lowest BCUT2D eigenvalue weighted by molar-refractivity contribution is -0.386. The molecular formula is C12H13ClFN3O5. The molecule has 0 aromatic heterocycles. The predicted octanol–water partition coefficient (Wildman–Crippen LogP) is 1.49. The number of nitro groups is 1. The van der Waals surface area contributed by atoms with Crippen LogP contribution in [0.3, 0.4) is 0 Å². The number of carbonyl (C=O) groups is 1. The van der Waals surface area contributed by atoms with Crippen LogP contribution in [0.4, 0.5) is 10.1 Å². The van der Waals surface area contributed by atoms with Crippen LogP contribution in [0.2, 0.25) is 0 Å². The third-order valence-corrected chi connectivity index (χ3v) is 2.63. The largest absolute Gasteiger partial charge is 0.502 e. The standard InChI is InChI=1S/C12H12FN3O5.ClH/c1-2-21-12(18)9(13)10(15)7-3-6(5-14)4-8(11(7)17)16(19)20;/h3-4,9-10,17H,2,15H2,1H3;1H/t9?,10-;/m0./s1. The van der Waals surface area contributed by atoms with Crippen molar-refractivity contribution in [2.45, 2.75) is 19.1 Å². The van der Waals surface area contributed by atoms with E-state index in [0.717, 1.165) is 12.1 Å². The van der Waals surface area contributed by atoms with E-state index >= 15 is 0 Å². The van der Waals surface area contributed by atoms with Crippen LogP contribution < -0.4 is 5.73 Å². The molecule has 1 rings (SSSR count). The lowest BCUT2D eigenvalue weighted by Gasteiger charge is -2.17. The van der Waals surface area contributed by atoms with Gasteiger partial charge in [0.1, 0.15) is 0 Å². The molecule has 0 amide bonds. The second kappa shape index (κ2) is 8.11. The van der Waals surface area contributed by atoms with Gasteiger partial charge in [-0.1, -0.05) is 0 Å². The monoisotopic (exact) mass is 333 g/mol. The van der Waals surface area contributed by atoms with E-state index in [1.807, 2.05) is 0 Å². The highest BCUT2D eigenvalue weighted by Crippen LogP contribution is 2.35. The van der Waals surface area contributed by atoms with Crippen LogP contribution in [0.5, 0.6) is 5.75 Å². The molecule has 1 aromatic carbocycles. The number of hydrogen-bond acceptors (Lipinski definition) is 7. The summed E-state index contributed by atoms with van der Waals surface area (Å²) in [5.74, 6) is -2.15. The van der Waals surface area contributed by atoms with Gasteiger partial charge in [0, 0.05) is 11.6 Å². The number of nitrogens with two attached hydrogens (primary N) is 1. The van der Waals surface area contributed by atoms with E-state index in [9.17, 15) is 24.4 Å².